The molecule has 0 saturated heterocycles. The van der Waals surface area contributed by atoms with Gasteiger partial charge in [0, 0.05) is 0 Å². The number of hydrogen-bond donors (Lipinski definition) is 1. The van der Waals surface area contributed by atoms with Crippen LogP contribution in [-0.4, -0.2) is 29.2 Å². The maximum absolute atomic E-state index is 11.4. The number of halogens is 9. The Morgan fingerprint density at radius 1 is 0.600 bits per heavy atom. The summed E-state index contributed by atoms with van der Waals surface area (Å²) < 4.78 is 103. The van der Waals surface area contributed by atoms with Gasteiger partial charge in [-0.15, -0.1) is 0 Å². The molecule has 0 spiro atoms. The minimum absolute atomic E-state index is 0. The Hall–Kier alpha value is 0.966. The quantitative estimate of drug-likeness (QED) is 0.468. The molecule has 0 bridgehead atoms. The van der Waals surface area contributed by atoms with E-state index in [4.69, 9.17) is 5.11 Å². The van der Waals surface area contributed by atoms with Crippen LogP contribution >= 0.6 is 0 Å². The van der Waals surface area contributed by atoms with Crippen LogP contribution < -0.4 is 51.4 Å². The van der Waals surface area contributed by atoms with Gasteiger partial charge in [0.2, 0.25) is 0 Å². The van der Waals surface area contributed by atoms with Gasteiger partial charge in [-0.25, -0.2) is 0 Å². The van der Waals surface area contributed by atoms with Crippen molar-refractivity contribution in [1.82, 2.24) is 0 Å². The summed E-state index contributed by atoms with van der Waals surface area (Å²) >= 11 is 0. The van der Waals surface area contributed by atoms with Gasteiger partial charge in [0.05, 0.1) is 0 Å². The topological polar surface area (TPSA) is 20.2 Å². The fourth-order valence-electron chi connectivity index (χ4n) is 0.482. The van der Waals surface area contributed by atoms with E-state index in [0.717, 1.165) is 0 Å². The van der Waals surface area contributed by atoms with Crippen LogP contribution in [0.4, 0.5) is 39.5 Å². The Morgan fingerprint density at radius 3 is 0.733 bits per heavy atom. The monoisotopic (exact) mass is 276 g/mol. The van der Waals surface area contributed by atoms with E-state index in [1.54, 1.807) is 0 Å². The van der Waals surface area contributed by atoms with Crippen LogP contribution in [0.2, 0.25) is 0 Å². The SMILES string of the molecule is OC(C(F)(F)F)(C(F)(F)F)C(F)(F)F.[H-].[K+]. The fourth-order valence-corrected chi connectivity index (χ4v) is 0.482. The Morgan fingerprint density at radius 2 is 0.733 bits per heavy atom. The summed E-state index contributed by atoms with van der Waals surface area (Å²) in [6, 6.07) is 0. The molecule has 1 N–H and O–H groups in total. The summed E-state index contributed by atoms with van der Waals surface area (Å²) in [6.45, 7) is 0. The molecule has 0 unspecified atom stereocenters. The summed E-state index contributed by atoms with van der Waals surface area (Å²) in [6.07, 6.45) is -20.6. The number of hydrogen-bond acceptors (Lipinski definition) is 1. The van der Waals surface area contributed by atoms with E-state index in [0.29, 0.717) is 0 Å². The van der Waals surface area contributed by atoms with Gasteiger partial charge in [-0.3, -0.25) is 0 Å². The van der Waals surface area contributed by atoms with Crippen molar-refractivity contribution < 1.29 is 97.4 Å². The maximum atomic E-state index is 11.4. The molecule has 0 rings (SSSR count). The second-order valence-electron chi connectivity index (χ2n) is 2.20. The van der Waals surface area contributed by atoms with Gasteiger partial charge in [0.15, 0.2) is 0 Å². The van der Waals surface area contributed by atoms with E-state index in [1.807, 2.05) is 0 Å². The molecule has 0 aromatic carbocycles. The first-order chi connectivity index (χ1) is 5.75. The average Bonchev–Trinajstić information content (AvgIpc) is 1.77. The van der Waals surface area contributed by atoms with Gasteiger partial charge in [0.1, 0.15) is 0 Å². The summed E-state index contributed by atoms with van der Waals surface area (Å²) in [7, 11) is 0. The molecule has 0 aliphatic rings. The summed E-state index contributed by atoms with van der Waals surface area (Å²) in [5.74, 6) is 0. The Kier molecular flexibility index (Phi) is 5.72. The van der Waals surface area contributed by atoms with Crippen molar-refractivity contribution in [3.8, 4) is 0 Å². The molecule has 0 fully saturated rings. The van der Waals surface area contributed by atoms with Crippen LogP contribution in [0.5, 0.6) is 0 Å². The van der Waals surface area contributed by atoms with Gasteiger partial charge in [-0.2, -0.15) is 39.5 Å². The zero-order valence-corrected chi connectivity index (χ0v) is 9.97. The van der Waals surface area contributed by atoms with Crippen LogP contribution in [0.15, 0.2) is 0 Å². The van der Waals surface area contributed by atoms with E-state index in [-0.39, 0.29) is 52.8 Å². The third kappa shape index (κ3) is 3.22. The molecule has 88 valence electrons. The van der Waals surface area contributed by atoms with Crippen LogP contribution in [0.25, 0.3) is 0 Å². The summed E-state index contributed by atoms with van der Waals surface area (Å²) in [5, 5.41) is 7.65. The first-order valence-electron chi connectivity index (χ1n) is 2.67. The van der Waals surface area contributed by atoms with Crippen molar-refractivity contribution in [2.24, 2.45) is 0 Å². The molecule has 0 saturated carbocycles. The first kappa shape index (κ1) is 18.3. The summed E-state index contributed by atoms with van der Waals surface area (Å²) in [5.41, 5.74) is -6.69. The third-order valence-electron chi connectivity index (χ3n) is 1.23. The zero-order valence-electron chi connectivity index (χ0n) is 7.85. The van der Waals surface area contributed by atoms with Crippen molar-refractivity contribution in [3.63, 3.8) is 0 Å². The Balaban J connectivity index is -0.000000845. The molecule has 0 aromatic rings. The molecule has 0 aliphatic carbocycles. The average molecular weight is 276 g/mol. The van der Waals surface area contributed by atoms with Crippen molar-refractivity contribution in [3.05, 3.63) is 0 Å². The standard InChI is InChI=1S/C4HF9O.K.H/c5-2(6,7)1(14,3(8,9)10)4(11,12)13;;/h14H;;/q;+1;-1. The minimum Gasteiger partial charge on any atom is -1.00 e. The number of alkyl halides is 9. The molecule has 0 aromatic heterocycles. The smallest absolute Gasteiger partial charge is 1.00 e. The molecule has 0 amide bonds. The molecule has 11 heteroatoms. The van der Waals surface area contributed by atoms with Gasteiger partial charge in [-0.05, 0) is 0 Å². The van der Waals surface area contributed by atoms with Crippen molar-refractivity contribution in [1.29, 1.82) is 0 Å². The van der Waals surface area contributed by atoms with E-state index in [9.17, 15) is 39.5 Å². The summed E-state index contributed by atoms with van der Waals surface area (Å²) in [4.78, 5) is 0. The number of rotatable bonds is 0. The normalized spacial score (nSPS) is 14.8. The van der Waals surface area contributed by atoms with Gasteiger partial charge >= 0.3 is 75.5 Å². The maximum Gasteiger partial charge on any atom is 1.00 e. The van der Waals surface area contributed by atoms with Crippen LogP contribution in [0.3, 0.4) is 0 Å². The van der Waals surface area contributed by atoms with Crippen molar-refractivity contribution >= 4 is 0 Å². The first-order valence-corrected chi connectivity index (χ1v) is 2.67. The molecule has 0 atom stereocenters. The van der Waals surface area contributed by atoms with Crippen molar-refractivity contribution in [2.45, 2.75) is 24.1 Å². The molecule has 0 radical (unpaired) electrons. The van der Waals surface area contributed by atoms with Crippen LogP contribution in [-0.2, 0) is 0 Å². The molecule has 0 heterocycles. The zero-order chi connectivity index (χ0) is 12.0. The van der Waals surface area contributed by atoms with Gasteiger partial charge in [0.25, 0.3) is 0 Å². The Labute approximate surface area is 121 Å². The number of aliphatic hydroxyl groups is 1. The van der Waals surface area contributed by atoms with Crippen molar-refractivity contribution in [2.75, 3.05) is 0 Å². The molecule has 0 aliphatic heterocycles. The largest absolute Gasteiger partial charge is 1.00 e. The predicted molar refractivity (Wildman–Crippen MR) is 24.2 cm³/mol. The molecule has 1 nitrogen and oxygen atoms in total. The Bertz CT molecular complexity index is 181. The molecular weight excluding hydrogens is 274 g/mol. The van der Waals surface area contributed by atoms with E-state index in [1.165, 1.54) is 0 Å². The van der Waals surface area contributed by atoms with Crippen LogP contribution in [0, 0.1) is 0 Å². The van der Waals surface area contributed by atoms with E-state index >= 15 is 0 Å². The third-order valence-corrected chi connectivity index (χ3v) is 1.23. The second kappa shape index (κ2) is 4.68. The van der Waals surface area contributed by atoms with Gasteiger partial charge < -0.3 is 6.53 Å². The molecular formula is C4H2F9KO. The molecule has 15 heavy (non-hydrogen) atoms. The minimum atomic E-state index is -6.87. The van der Waals surface area contributed by atoms with E-state index in [2.05, 4.69) is 0 Å². The fraction of sp³-hybridized carbons (Fsp3) is 1.00. The predicted octanol–water partition coefficient (Wildman–Crippen LogP) is -0.479. The second-order valence-corrected chi connectivity index (χ2v) is 2.20. The van der Waals surface area contributed by atoms with Crippen LogP contribution in [0.1, 0.15) is 1.43 Å². The van der Waals surface area contributed by atoms with E-state index < -0.39 is 24.1 Å². The van der Waals surface area contributed by atoms with Gasteiger partial charge in [-0.1, -0.05) is 0 Å².